The van der Waals surface area contributed by atoms with Crippen LogP contribution in [0.2, 0.25) is 0 Å². The predicted molar refractivity (Wildman–Crippen MR) is 366 cm³/mol. The number of unbranched alkanes of at least 4 members (excludes halogenated alkanes) is 42. The molecule has 1 heterocycles. The van der Waals surface area contributed by atoms with Crippen molar-refractivity contribution in [1.82, 2.24) is 5.32 Å². The maximum absolute atomic E-state index is 13.5. The van der Waals surface area contributed by atoms with E-state index in [0.717, 1.165) is 77.0 Å². The molecule has 0 aromatic rings. The van der Waals surface area contributed by atoms with E-state index in [9.17, 15) is 35.1 Å². The highest BCUT2D eigenvalue weighted by Gasteiger charge is 2.47. The predicted octanol–water partition coefficient (Wildman–Crippen LogP) is 19.3. The Bertz CT molecular complexity index is 1650. The standard InChI is InChI=1S/C76H139NO10/c1-4-7-10-13-16-19-22-25-27-29-31-33-34-35-37-38-40-42-45-48-51-54-57-60-63-69(80)75(84)77-67(68(79)62-59-56-53-50-47-44-24-21-18-15-12-9-6-3)66-85-76-74(73(83)72(82)70(65-78)86-76)87-71(81)64-61-58-55-52-49-46-43-41-39-36-32-30-28-26-23-20-17-14-11-8-5-2/h16,19,25-28,31,33,59,62,67-70,72-74,76,78-80,82-83H,4-15,17-18,20-24,29-30,32,34-58,60-61,63-66H2,1-3H3,(H,77,84)/b19-16-,27-25-,28-26+,33-31-,62-59+. The normalized spacial score (nSPS) is 18.6. The van der Waals surface area contributed by atoms with E-state index in [1.165, 1.54) is 225 Å². The Morgan fingerprint density at radius 1 is 0.448 bits per heavy atom. The topological polar surface area (TPSA) is 175 Å². The molecule has 1 amide bonds. The Morgan fingerprint density at radius 3 is 1.22 bits per heavy atom. The number of carbonyl (C=O) groups is 2. The van der Waals surface area contributed by atoms with Crippen LogP contribution in [0, 0.1) is 0 Å². The molecule has 11 nitrogen and oxygen atoms in total. The maximum Gasteiger partial charge on any atom is 0.306 e. The van der Waals surface area contributed by atoms with Crippen molar-refractivity contribution in [1.29, 1.82) is 0 Å². The first-order valence-electron chi connectivity index (χ1n) is 37.1. The number of carbonyl (C=O) groups excluding carboxylic acids is 2. The van der Waals surface area contributed by atoms with Crippen molar-refractivity contribution in [3.8, 4) is 0 Å². The van der Waals surface area contributed by atoms with E-state index in [4.69, 9.17) is 14.2 Å². The molecule has 87 heavy (non-hydrogen) atoms. The highest BCUT2D eigenvalue weighted by molar-refractivity contribution is 5.80. The van der Waals surface area contributed by atoms with Crippen LogP contribution in [0.1, 0.15) is 348 Å². The summed E-state index contributed by atoms with van der Waals surface area (Å²) in [5, 5.41) is 57.3. The van der Waals surface area contributed by atoms with Crippen molar-refractivity contribution in [2.45, 2.75) is 397 Å². The lowest BCUT2D eigenvalue weighted by molar-refractivity contribution is -0.305. The Morgan fingerprint density at radius 2 is 0.793 bits per heavy atom. The number of rotatable bonds is 64. The number of esters is 1. The zero-order valence-corrected chi connectivity index (χ0v) is 56.6. The minimum atomic E-state index is -1.62. The summed E-state index contributed by atoms with van der Waals surface area (Å²) >= 11 is 0. The van der Waals surface area contributed by atoms with Gasteiger partial charge in [0.05, 0.1) is 25.4 Å². The van der Waals surface area contributed by atoms with Crippen molar-refractivity contribution in [2.24, 2.45) is 0 Å². The first kappa shape index (κ1) is 82.4. The fourth-order valence-corrected chi connectivity index (χ4v) is 11.5. The molecule has 6 N–H and O–H groups in total. The summed E-state index contributed by atoms with van der Waals surface area (Å²) in [6.07, 6.45) is 71.1. The molecule has 0 saturated carbocycles. The van der Waals surface area contributed by atoms with Gasteiger partial charge >= 0.3 is 5.97 Å². The van der Waals surface area contributed by atoms with Crippen molar-refractivity contribution < 1.29 is 49.3 Å². The number of amides is 1. The van der Waals surface area contributed by atoms with Crippen LogP contribution in [-0.2, 0) is 23.8 Å². The quantitative estimate of drug-likeness (QED) is 0.0195. The fourth-order valence-electron chi connectivity index (χ4n) is 11.5. The molecule has 0 radical (unpaired) electrons. The van der Waals surface area contributed by atoms with Crippen molar-refractivity contribution in [2.75, 3.05) is 13.2 Å². The third kappa shape index (κ3) is 50.7. The fraction of sp³-hybridized carbons (Fsp3) is 0.842. The summed E-state index contributed by atoms with van der Waals surface area (Å²) in [5.74, 6) is -1.19. The smallest absolute Gasteiger partial charge is 0.306 e. The molecule has 1 aliphatic rings. The number of aliphatic hydroxyl groups is 5. The zero-order chi connectivity index (χ0) is 63.1. The van der Waals surface area contributed by atoms with Gasteiger partial charge in [0.15, 0.2) is 12.4 Å². The molecule has 1 rings (SSSR count). The van der Waals surface area contributed by atoms with Gasteiger partial charge < -0.3 is 45.1 Å². The molecule has 0 aromatic heterocycles. The van der Waals surface area contributed by atoms with Gasteiger partial charge in [-0.25, -0.2) is 0 Å². The summed E-state index contributed by atoms with van der Waals surface area (Å²) in [5.41, 5.74) is 0. The van der Waals surface area contributed by atoms with Crippen LogP contribution >= 0.6 is 0 Å². The lowest BCUT2D eigenvalue weighted by Crippen LogP contribution is -2.61. The third-order valence-corrected chi connectivity index (χ3v) is 17.4. The van der Waals surface area contributed by atoms with Crippen molar-refractivity contribution in [3.63, 3.8) is 0 Å². The van der Waals surface area contributed by atoms with E-state index >= 15 is 0 Å². The average Bonchev–Trinajstić information content (AvgIpc) is 1.53. The zero-order valence-electron chi connectivity index (χ0n) is 56.6. The molecule has 0 aliphatic carbocycles. The Balaban J connectivity index is 2.57. The highest BCUT2D eigenvalue weighted by atomic mass is 16.7. The molecule has 11 heteroatoms. The lowest BCUT2D eigenvalue weighted by Gasteiger charge is -2.41. The third-order valence-electron chi connectivity index (χ3n) is 17.4. The summed E-state index contributed by atoms with van der Waals surface area (Å²) < 4.78 is 17.7. The maximum atomic E-state index is 13.5. The minimum Gasteiger partial charge on any atom is -0.454 e. The summed E-state index contributed by atoms with van der Waals surface area (Å²) in [6, 6.07) is -1.03. The number of allylic oxidation sites excluding steroid dienone is 9. The first-order valence-corrected chi connectivity index (χ1v) is 37.1. The van der Waals surface area contributed by atoms with Crippen LogP contribution in [-0.4, -0.2) is 99.6 Å². The minimum absolute atomic E-state index is 0.124. The van der Waals surface area contributed by atoms with Gasteiger partial charge in [0.1, 0.15) is 24.4 Å². The molecular weight excluding hydrogens is 1090 g/mol. The van der Waals surface area contributed by atoms with E-state index < -0.39 is 67.4 Å². The Labute approximate surface area is 535 Å². The molecule has 1 fully saturated rings. The van der Waals surface area contributed by atoms with Crippen molar-refractivity contribution in [3.05, 3.63) is 60.8 Å². The van der Waals surface area contributed by atoms with Gasteiger partial charge in [-0.1, -0.05) is 313 Å². The number of ether oxygens (including phenoxy) is 3. The van der Waals surface area contributed by atoms with Crippen LogP contribution in [0.3, 0.4) is 0 Å². The average molecular weight is 1230 g/mol. The number of hydrogen-bond donors (Lipinski definition) is 6. The number of aliphatic hydroxyl groups excluding tert-OH is 5. The van der Waals surface area contributed by atoms with Gasteiger partial charge in [-0.15, -0.1) is 0 Å². The lowest BCUT2D eigenvalue weighted by atomic mass is 9.99. The first-order chi connectivity index (χ1) is 42.7. The SMILES string of the molecule is CCCCC/C=C\C/C=C\C/C=C\CCCCCCCCCCCCCC(O)C(=O)NC(COC1OC(CO)C(O)C(O)C1OC(=O)CCCCCCCCCCCCC/C=C/CCCCCCCC)C(O)/C=C/CCCCCCCCCCCCC. The van der Waals surface area contributed by atoms with E-state index in [-0.39, 0.29) is 19.4 Å². The molecule has 1 saturated heterocycles. The van der Waals surface area contributed by atoms with E-state index in [2.05, 4.69) is 74.7 Å². The second-order valence-corrected chi connectivity index (χ2v) is 25.7. The van der Waals surface area contributed by atoms with Crippen LogP contribution in [0.25, 0.3) is 0 Å². The largest absolute Gasteiger partial charge is 0.454 e. The highest BCUT2D eigenvalue weighted by Crippen LogP contribution is 2.26. The second kappa shape index (κ2) is 63.5. The van der Waals surface area contributed by atoms with Gasteiger partial charge in [-0.05, 0) is 89.9 Å². The Hall–Kier alpha value is -2.64. The van der Waals surface area contributed by atoms with Crippen LogP contribution in [0.15, 0.2) is 60.8 Å². The van der Waals surface area contributed by atoms with E-state index in [1.807, 2.05) is 6.08 Å². The van der Waals surface area contributed by atoms with Crippen LogP contribution < -0.4 is 5.32 Å². The Kier molecular flexibility index (Phi) is 60.1. The van der Waals surface area contributed by atoms with Gasteiger partial charge in [0.25, 0.3) is 0 Å². The number of nitrogens with one attached hydrogen (secondary N) is 1. The summed E-state index contributed by atoms with van der Waals surface area (Å²) in [4.78, 5) is 26.7. The van der Waals surface area contributed by atoms with Crippen LogP contribution in [0.5, 0.6) is 0 Å². The van der Waals surface area contributed by atoms with Gasteiger partial charge in [-0.2, -0.15) is 0 Å². The molecule has 0 spiro atoms. The van der Waals surface area contributed by atoms with Crippen LogP contribution in [0.4, 0.5) is 0 Å². The molecule has 8 atom stereocenters. The molecule has 1 aliphatic heterocycles. The molecule has 8 unspecified atom stereocenters. The second-order valence-electron chi connectivity index (χ2n) is 25.7. The van der Waals surface area contributed by atoms with Crippen molar-refractivity contribution >= 4 is 11.9 Å². The van der Waals surface area contributed by atoms with Gasteiger partial charge in [0, 0.05) is 6.42 Å². The molecular formula is C76H139NO10. The summed E-state index contributed by atoms with van der Waals surface area (Å²) in [7, 11) is 0. The molecule has 0 aromatic carbocycles. The van der Waals surface area contributed by atoms with E-state index in [0.29, 0.717) is 12.8 Å². The number of hydrogen-bond acceptors (Lipinski definition) is 10. The van der Waals surface area contributed by atoms with Gasteiger partial charge in [-0.3, -0.25) is 9.59 Å². The monoisotopic (exact) mass is 1230 g/mol. The molecule has 508 valence electrons. The molecule has 0 bridgehead atoms. The summed E-state index contributed by atoms with van der Waals surface area (Å²) in [6.45, 7) is 5.81. The van der Waals surface area contributed by atoms with Gasteiger partial charge in [0.2, 0.25) is 5.91 Å². The van der Waals surface area contributed by atoms with E-state index in [1.54, 1.807) is 6.08 Å².